The molecule has 1 aliphatic heterocycles. The van der Waals surface area contributed by atoms with Gasteiger partial charge in [-0.15, -0.1) is 0 Å². The Morgan fingerprint density at radius 3 is 2.14 bits per heavy atom. The Morgan fingerprint density at radius 2 is 1.50 bits per heavy atom. The van der Waals surface area contributed by atoms with E-state index in [9.17, 15) is 4.79 Å². The molecule has 1 heterocycles. The predicted molar refractivity (Wildman–Crippen MR) is 90.1 cm³/mol. The van der Waals surface area contributed by atoms with Gasteiger partial charge in [-0.25, -0.2) is 0 Å². The minimum absolute atomic E-state index is 0.238. The molecule has 0 N–H and O–H groups in total. The number of rotatable bonds is 5. The maximum atomic E-state index is 12.2. The second kappa shape index (κ2) is 7.37. The number of nitrogens with zero attached hydrogens (tertiary/aromatic N) is 1. The molecule has 0 radical (unpaired) electrons. The summed E-state index contributed by atoms with van der Waals surface area (Å²) in [6.07, 6.45) is 3.55. The lowest BCUT2D eigenvalue weighted by atomic mass is 9.90. The monoisotopic (exact) mass is 293 g/mol. The number of ketones is 1. The van der Waals surface area contributed by atoms with Crippen molar-refractivity contribution in [2.45, 2.75) is 19.3 Å². The van der Waals surface area contributed by atoms with E-state index in [-0.39, 0.29) is 5.78 Å². The smallest absolute Gasteiger partial charge is 0.176 e. The molecule has 0 saturated carbocycles. The Labute approximate surface area is 132 Å². The highest BCUT2D eigenvalue weighted by Gasteiger charge is 2.21. The standard InChI is InChI=1S/C20H23NO/c22-20(19-9-5-2-6-10-19)16-21-13-11-18(12-14-21)15-17-7-3-1-4-8-17/h1-10,18H,11-16H2. The number of carbonyl (C=O) groups excluding carboxylic acids is 1. The van der Waals surface area contributed by atoms with Crippen molar-refractivity contribution in [3.05, 3.63) is 71.8 Å². The van der Waals surface area contributed by atoms with Gasteiger partial charge >= 0.3 is 0 Å². The van der Waals surface area contributed by atoms with Crippen molar-refractivity contribution in [2.24, 2.45) is 5.92 Å². The average molecular weight is 293 g/mol. The molecule has 0 aromatic heterocycles. The molecule has 0 bridgehead atoms. The predicted octanol–water partition coefficient (Wildman–Crippen LogP) is 3.82. The van der Waals surface area contributed by atoms with Crippen molar-refractivity contribution in [1.29, 1.82) is 0 Å². The maximum Gasteiger partial charge on any atom is 0.176 e. The number of piperidine rings is 1. The Balaban J connectivity index is 1.47. The third kappa shape index (κ3) is 4.05. The number of benzene rings is 2. The second-order valence-corrected chi connectivity index (χ2v) is 6.20. The lowest BCUT2D eigenvalue weighted by Gasteiger charge is -2.31. The number of likely N-dealkylation sites (tertiary alicyclic amines) is 1. The second-order valence-electron chi connectivity index (χ2n) is 6.20. The Hall–Kier alpha value is -1.93. The van der Waals surface area contributed by atoms with Crippen LogP contribution in [0.3, 0.4) is 0 Å². The normalized spacial score (nSPS) is 16.5. The van der Waals surface area contributed by atoms with Gasteiger partial charge in [-0.2, -0.15) is 0 Å². The van der Waals surface area contributed by atoms with Gasteiger partial charge in [0, 0.05) is 5.56 Å². The van der Waals surface area contributed by atoms with Crippen LogP contribution in [0.15, 0.2) is 60.7 Å². The van der Waals surface area contributed by atoms with Crippen molar-refractivity contribution in [3.63, 3.8) is 0 Å². The highest BCUT2D eigenvalue weighted by molar-refractivity contribution is 5.97. The first-order valence-electron chi connectivity index (χ1n) is 8.16. The van der Waals surface area contributed by atoms with Gasteiger partial charge in [-0.1, -0.05) is 60.7 Å². The van der Waals surface area contributed by atoms with Crippen molar-refractivity contribution in [1.82, 2.24) is 4.90 Å². The van der Waals surface area contributed by atoms with E-state index < -0.39 is 0 Å². The SMILES string of the molecule is O=C(CN1CCC(Cc2ccccc2)CC1)c1ccccc1. The maximum absolute atomic E-state index is 12.2. The lowest BCUT2D eigenvalue weighted by Crippen LogP contribution is -2.37. The van der Waals surface area contributed by atoms with Crippen LogP contribution < -0.4 is 0 Å². The molecular weight excluding hydrogens is 270 g/mol. The number of hydrogen-bond acceptors (Lipinski definition) is 2. The molecule has 0 atom stereocenters. The van der Waals surface area contributed by atoms with Crippen LogP contribution >= 0.6 is 0 Å². The zero-order valence-electron chi connectivity index (χ0n) is 12.9. The summed E-state index contributed by atoms with van der Waals surface area (Å²) in [6, 6.07) is 20.4. The zero-order chi connectivity index (χ0) is 15.2. The summed E-state index contributed by atoms with van der Waals surface area (Å²) in [5, 5.41) is 0. The largest absolute Gasteiger partial charge is 0.296 e. The molecule has 1 fully saturated rings. The quantitative estimate of drug-likeness (QED) is 0.781. The molecule has 1 saturated heterocycles. The number of carbonyl (C=O) groups is 1. The Bertz CT molecular complexity index is 586. The van der Waals surface area contributed by atoms with Crippen molar-refractivity contribution in [2.75, 3.05) is 19.6 Å². The molecule has 0 unspecified atom stereocenters. The van der Waals surface area contributed by atoms with Crippen molar-refractivity contribution < 1.29 is 4.79 Å². The van der Waals surface area contributed by atoms with Crippen LogP contribution in [0, 0.1) is 5.92 Å². The fourth-order valence-corrected chi connectivity index (χ4v) is 3.21. The third-order valence-corrected chi connectivity index (χ3v) is 4.54. The molecule has 2 nitrogen and oxygen atoms in total. The topological polar surface area (TPSA) is 20.3 Å². The van der Waals surface area contributed by atoms with Crippen LogP contribution in [-0.4, -0.2) is 30.3 Å². The van der Waals surface area contributed by atoms with E-state index in [0.29, 0.717) is 6.54 Å². The summed E-state index contributed by atoms with van der Waals surface area (Å²) in [5.74, 6) is 0.993. The summed E-state index contributed by atoms with van der Waals surface area (Å²) in [4.78, 5) is 14.5. The minimum atomic E-state index is 0.238. The molecule has 2 aromatic rings. The highest BCUT2D eigenvalue weighted by atomic mass is 16.1. The van der Waals surface area contributed by atoms with Gasteiger partial charge in [0.2, 0.25) is 0 Å². The van der Waals surface area contributed by atoms with Gasteiger partial charge in [0.15, 0.2) is 5.78 Å². The summed E-state index contributed by atoms with van der Waals surface area (Å²) < 4.78 is 0. The van der Waals surface area contributed by atoms with Gasteiger partial charge < -0.3 is 0 Å². The van der Waals surface area contributed by atoms with E-state index >= 15 is 0 Å². The first-order chi connectivity index (χ1) is 10.8. The summed E-state index contributed by atoms with van der Waals surface area (Å²) in [6.45, 7) is 2.63. The van der Waals surface area contributed by atoms with Crippen LogP contribution in [0.2, 0.25) is 0 Å². The highest BCUT2D eigenvalue weighted by Crippen LogP contribution is 2.21. The molecular formula is C20H23NO. The first-order valence-corrected chi connectivity index (χ1v) is 8.16. The van der Waals surface area contributed by atoms with E-state index in [1.165, 1.54) is 24.8 Å². The number of hydrogen-bond donors (Lipinski definition) is 0. The van der Waals surface area contributed by atoms with Crippen LogP contribution in [0.4, 0.5) is 0 Å². The molecule has 3 rings (SSSR count). The Morgan fingerprint density at radius 1 is 0.909 bits per heavy atom. The zero-order valence-corrected chi connectivity index (χ0v) is 12.9. The van der Waals surface area contributed by atoms with Crippen LogP contribution in [0.1, 0.15) is 28.8 Å². The van der Waals surface area contributed by atoms with Gasteiger partial charge in [0.25, 0.3) is 0 Å². The van der Waals surface area contributed by atoms with Crippen LogP contribution in [0.25, 0.3) is 0 Å². The van der Waals surface area contributed by atoms with Crippen molar-refractivity contribution >= 4 is 5.78 Å². The van der Waals surface area contributed by atoms with Gasteiger partial charge in [-0.3, -0.25) is 9.69 Å². The first kappa shape index (κ1) is 15.0. The molecule has 1 aliphatic rings. The van der Waals surface area contributed by atoms with Crippen LogP contribution in [-0.2, 0) is 6.42 Å². The molecule has 114 valence electrons. The summed E-state index contributed by atoms with van der Waals surface area (Å²) in [7, 11) is 0. The van der Waals surface area contributed by atoms with Gasteiger partial charge in [0.05, 0.1) is 6.54 Å². The Kier molecular flexibility index (Phi) is 5.02. The van der Waals surface area contributed by atoms with Crippen LogP contribution in [0.5, 0.6) is 0 Å². The van der Waals surface area contributed by atoms with E-state index in [0.717, 1.165) is 24.6 Å². The minimum Gasteiger partial charge on any atom is -0.296 e. The molecule has 0 aliphatic carbocycles. The molecule has 2 aromatic carbocycles. The van der Waals surface area contributed by atoms with Crippen molar-refractivity contribution in [3.8, 4) is 0 Å². The molecule has 22 heavy (non-hydrogen) atoms. The van der Waals surface area contributed by atoms with E-state index in [1.807, 2.05) is 30.3 Å². The summed E-state index contributed by atoms with van der Waals surface area (Å²) >= 11 is 0. The molecule has 0 amide bonds. The molecule has 0 spiro atoms. The average Bonchev–Trinajstić information content (AvgIpc) is 2.58. The number of Topliss-reactive ketones (excluding diaryl/α,β-unsaturated/α-hetero) is 1. The van der Waals surface area contributed by atoms with E-state index in [2.05, 4.69) is 35.2 Å². The lowest BCUT2D eigenvalue weighted by molar-refractivity contribution is 0.0895. The fraction of sp³-hybridized carbons (Fsp3) is 0.350. The van der Waals surface area contributed by atoms with E-state index in [1.54, 1.807) is 0 Å². The van der Waals surface area contributed by atoms with Gasteiger partial charge in [-0.05, 0) is 43.8 Å². The molecule has 2 heteroatoms. The van der Waals surface area contributed by atoms with E-state index in [4.69, 9.17) is 0 Å². The van der Waals surface area contributed by atoms with Gasteiger partial charge in [0.1, 0.15) is 0 Å². The third-order valence-electron chi connectivity index (χ3n) is 4.54. The fourth-order valence-electron chi connectivity index (χ4n) is 3.21. The summed E-state index contributed by atoms with van der Waals surface area (Å²) in [5.41, 5.74) is 2.26.